The standard InChI is InChI=1S/C15H18FN5O/c16-11-7-8-14(21-10-17-19-20-21)13(9-11)15(22)18-12-5-3-1-2-4-6-12/h7-10,12H,1-6H2,(H,18,22). The summed E-state index contributed by atoms with van der Waals surface area (Å²) in [6, 6.07) is 4.18. The maximum Gasteiger partial charge on any atom is 0.253 e. The molecule has 3 rings (SSSR count). The summed E-state index contributed by atoms with van der Waals surface area (Å²) in [6.07, 6.45) is 7.99. The van der Waals surface area contributed by atoms with Gasteiger partial charge in [-0.05, 0) is 41.5 Å². The van der Waals surface area contributed by atoms with Gasteiger partial charge in [-0.15, -0.1) is 5.10 Å². The van der Waals surface area contributed by atoms with Gasteiger partial charge < -0.3 is 5.32 Å². The predicted octanol–water partition coefficient (Wildman–Crippen LogP) is 2.25. The maximum atomic E-state index is 13.6. The van der Waals surface area contributed by atoms with Crippen molar-refractivity contribution in [2.45, 2.75) is 44.6 Å². The Hall–Kier alpha value is -2.31. The van der Waals surface area contributed by atoms with Gasteiger partial charge in [0.1, 0.15) is 12.1 Å². The molecule has 1 aliphatic rings. The van der Waals surface area contributed by atoms with Crippen LogP contribution in [0.2, 0.25) is 0 Å². The fourth-order valence-electron chi connectivity index (χ4n) is 2.85. The number of carbonyl (C=O) groups excluding carboxylic acids is 1. The second-order valence-corrected chi connectivity index (χ2v) is 5.58. The van der Waals surface area contributed by atoms with E-state index in [0.717, 1.165) is 25.7 Å². The van der Waals surface area contributed by atoms with Gasteiger partial charge in [0.2, 0.25) is 0 Å². The number of aromatic nitrogens is 4. The van der Waals surface area contributed by atoms with Gasteiger partial charge in [-0.1, -0.05) is 25.7 Å². The third-order valence-electron chi connectivity index (χ3n) is 3.99. The highest BCUT2D eigenvalue weighted by atomic mass is 19.1. The van der Waals surface area contributed by atoms with Crippen LogP contribution in [-0.4, -0.2) is 32.2 Å². The molecule has 116 valence electrons. The summed E-state index contributed by atoms with van der Waals surface area (Å²) >= 11 is 0. The second kappa shape index (κ2) is 6.64. The molecular weight excluding hydrogens is 285 g/mol. The molecule has 6 nitrogen and oxygen atoms in total. The number of hydrogen-bond donors (Lipinski definition) is 1. The molecule has 0 aliphatic heterocycles. The molecule has 0 spiro atoms. The molecule has 1 aromatic carbocycles. The van der Waals surface area contributed by atoms with E-state index in [4.69, 9.17) is 0 Å². The summed E-state index contributed by atoms with van der Waals surface area (Å²) < 4.78 is 14.9. The minimum atomic E-state index is -0.456. The van der Waals surface area contributed by atoms with E-state index in [1.165, 1.54) is 42.0 Å². The highest BCUT2D eigenvalue weighted by Crippen LogP contribution is 2.19. The van der Waals surface area contributed by atoms with Gasteiger partial charge in [-0.2, -0.15) is 4.68 Å². The largest absolute Gasteiger partial charge is 0.349 e. The monoisotopic (exact) mass is 303 g/mol. The van der Waals surface area contributed by atoms with E-state index in [-0.39, 0.29) is 17.5 Å². The van der Waals surface area contributed by atoms with Crippen LogP contribution in [0, 0.1) is 5.82 Å². The first-order valence-corrected chi connectivity index (χ1v) is 7.58. The van der Waals surface area contributed by atoms with Gasteiger partial charge in [0.25, 0.3) is 5.91 Å². The van der Waals surface area contributed by atoms with E-state index >= 15 is 0 Å². The number of nitrogens with one attached hydrogen (secondary N) is 1. The molecule has 1 aromatic heterocycles. The van der Waals surface area contributed by atoms with Crippen LogP contribution in [-0.2, 0) is 0 Å². The zero-order valence-electron chi connectivity index (χ0n) is 12.2. The van der Waals surface area contributed by atoms with Crippen molar-refractivity contribution in [3.63, 3.8) is 0 Å². The number of hydrogen-bond acceptors (Lipinski definition) is 4. The molecule has 0 radical (unpaired) electrons. The Balaban J connectivity index is 1.83. The smallest absolute Gasteiger partial charge is 0.253 e. The van der Waals surface area contributed by atoms with Gasteiger partial charge in [-0.25, -0.2) is 4.39 Å². The Kier molecular flexibility index (Phi) is 4.41. The van der Waals surface area contributed by atoms with E-state index in [2.05, 4.69) is 20.8 Å². The van der Waals surface area contributed by atoms with Crippen molar-refractivity contribution in [2.24, 2.45) is 0 Å². The number of tetrazole rings is 1. The predicted molar refractivity (Wildman–Crippen MR) is 78.1 cm³/mol. The van der Waals surface area contributed by atoms with Crippen LogP contribution < -0.4 is 5.32 Å². The second-order valence-electron chi connectivity index (χ2n) is 5.58. The van der Waals surface area contributed by atoms with Crippen molar-refractivity contribution in [3.05, 3.63) is 35.9 Å². The third-order valence-corrected chi connectivity index (χ3v) is 3.99. The molecule has 1 N–H and O–H groups in total. The molecule has 0 saturated heterocycles. The summed E-state index contributed by atoms with van der Waals surface area (Å²) in [5.74, 6) is -0.736. The molecule has 0 unspecified atom stereocenters. The molecule has 0 atom stereocenters. The lowest BCUT2D eigenvalue weighted by molar-refractivity contribution is 0.0932. The Morgan fingerprint density at radius 1 is 1.23 bits per heavy atom. The Labute approximate surface area is 127 Å². The lowest BCUT2D eigenvalue weighted by Crippen LogP contribution is -2.35. The van der Waals surface area contributed by atoms with Crippen LogP contribution in [0.3, 0.4) is 0 Å². The van der Waals surface area contributed by atoms with Gasteiger partial charge in [0, 0.05) is 6.04 Å². The lowest BCUT2D eigenvalue weighted by Gasteiger charge is -2.17. The fourth-order valence-corrected chi connectivity index (χ4v) is 2.85. The SMILES string of the molecule is O=C(NC1CCCCCC1)c1cc(F)ccc1-n1cnnn1. The van der Waals surface area contributed by atoms with Crippen molar-refractivity contribution in [3.8, 4) is 5.69 Å². The Morgan fingerprint density at radius 3 is 2.68 bits per heavy atom. The van der Waals surface area contributed by atoms with Crippen molar-refractivity contribution in [2.75, 3.05) is 0 Å². The molecule has 0 bridgehead atoms. The number of rotatable bonds is 3. The van der Waals surface area contributed by atoms with Crippen LogP contribution in [0.1, 0.15) is 48.9 Å². The Bertz CT molecular complexity index is 635. The fraction of sp³-hybridized carbons (Fsp3) is 0.467. The molecule has 1 fully saturated rings. The third kappa shape index (κ3) is 3.29. The number of halogens is 1. The summed E-state index contributed by atoms with van der Waals surface area (Å²) in [4.78, 5) is 12.5. The van der Waals surface area contributed by atoms with Gasteiger partial charge in [-0.3, -0.25) is 4.79 Å². The summed E-state index contributed by atoms with van der Waals surface area (Å²) in [5.41, 5.74) is 0.717. The van der Waals surface area contributed by atoms with Crippen molar-refractivity contribution in [1.82, 2.24) is 25.5 Å². The average Bonchev–Trinajstić information content (AvgIpc) is 2.92. The maximum absolute atomic E-state index is 13.6. The Morgan fingerprint density at radius 2 is 2.00 bits per heavy atom. The summed E-state index contributed by atoms with van der Waals surface area (Å²) in [6.45, 7) is 0. The highest BCUT2D eigenvalue weighted by molar-refractivity contribution is 5.97. The van der Waals surface area contributed by atoms with Crippen LogP contribution in [0.5, 0.6) is 0 Å². The van der Waals surface area contributed by atoms with Gasteiger partial charge in [0.05, 0.1) is 11.3 Å². The molecule has 1 saturated carbocycles. The van der Waals surface area contributed by atoms with Crippen LogP contribution in [0.25, 0.3) is 5.69 Å². The number of amides is 1. The molecule has 2 aromatic rings. The van der Waals surface area contributed by atoms with Gasteiger partial charge >= 0.3 is 0 Å². The van der Waals surface area contributed by atoms with E-state index in [1.807, 2.05) is 0 Å². The number of nitrogens with zero attached hydrogens (tertiary/aromatic N) is 4. The van der Waals surface area contributed by atoms with Crippen molar-refractivity contribution in [1.29, 1.82) is 0 Å². The molecule has 22 heavy (non-hydrogen) atoms. The molecule has 1 aliphatic carbocycles. The van der Waals surface area contributed by atoms with Gasteiger partial charge in [0.15, 0.2) is 0 Å². The first kappa shape index (κ1) is 14.6. The topological polar surface area (TPSA) is 72.7 Å². The average molecular weight is 303 g/mol. The van der Waals surface area contributed by atoms with E-state index in [1.54, 1.807) is 0 Å². The van der Waals surface area contributed by atoms with E-state index in [0.29, 0.717) is 5.69 Å². The molecular formula is C15H18FN5O. The zero-order chi connectivity index (χ0) is 15.4. The number of benzene rings is 1. The quantitative estimate of drug-likeness (QED) is 0.883. The minimum absolute atomic E-state index is 0.153. The zero-order valence-corrected chi connectivity index (χ0v) is 12.2. The molecule has 1 amide bonds. The molecule has 1 heterocycles. The lowest BCUT2D eigenvalue weighted by atomic mass is 10.1. The van der Waals surface area contributed by atoms with Crippen LogP contribution in [0.4, 0.5) is 4.39 Å². The van der Waals surface area contributed by atoms with Crippen LogP contribution in [0.15, 0.2) is 24.5 Å². The highest BCUT2D eigenvalue weighted by Gasteiger charge is 2.19. The van der Waals surface area contributed by atoms with Crippen LogP contribution >= 0.6 is 0 Å². The van der Waals surface area contributed by atoms with E-state index in [9.17, 15) is 9.18 Å². The minimum Gasteiger partial charge on any atom is -0.349 e. The number of carbonyl (C=O) groups is 1. The molecule has 7 heteroatoms. The summed E-state index contributed by atoms with van der Waals surface area (Å²) in [5, 5.41) is 13.9. The summed E-state index contributed by atoms with van der Waals surface area (Å²) in [7, 11) is 0. The van der Waals surface area contributed by atoms with Crippen molar-refractivity contribution >= 4 is 5.91 Å². The van der Waals surface area contributed by atoms with Crippen molar-refractivity contribution < 1.29 is 9.18 Å². The first-order valence-electron chi connectivity index (χ1n) is 7.58. The first-order chi connectivity index (χ1) is 10.7. The van der Waals surface area contributed by atoms with E-state index < -0.39 is 5.82 Å². The normalized spacial score (nSPS) is 16.2.